The van der Waals surface area contributed by atoms with Crippen molar-refractivity contribution < 1.29 is 9.47 Å². The Hall–Kier alpha value is -0.120. The summed E-state index contributed by atoms with van der Waals surface area (Å²) in [6, 6.07) is 0. The van der Waals surface area contributed by atoms with Gasteiger partial charge in [-0.25, -0.2) is 0 Å². The Balaban J connectivity index is 1.89. The largest absolute Gasteiger partial charge is 0.381 e. The average molecular weight is 227 g/mol. The third kappa shape index (κ3) is 3.19. The summed E-state index contributed by atoms with van der Waals surface area (Å²) in [5, 5.41) is 3.31. The van der Waals surface area contributed by atoms with Crippen molar-refractivity contribution in [3.05, 3.63) is 0 Å². The molecule has 1 aliphatic carbocycles. The predicted molar refractivity (Wildman–Crippen MR) is 64.7 cm³/mol. The van der Waals surface area contributed by atoms with Crippen LogP contribution in [0.2, 0.25) is 0 Å². The van der Waals surface area contributed by atoms with Crippen LogP contribution in [0.15, 0.2) is 0 Å². The lowest BCUT2D eigenvalue weighted by Gasteiger charge is -2.41. The summed E-state index contributed by atoms with van der Waals surface area (Å²) in [6.07, 6.45) is 9.06. The Morgan fingerprint density at radius 3 is 2.50 bits per heavy atom. The first kappa shape index (κ1) is 12.3. The van der Waals surface area contributed by atoms with Gasteiger partial charge in [-0.15, -0.1) is 0 Å². The van der Waals surface area contributed by atoms with E-state index in [9.17, 15) is 0 Å². The van der Waals surface area contributed by atoms with Crippen LogP contribution >= 0.6 is 0 Å². The van der Waals surface area contributed by atoms with Crippen molar-refractivity contribution in [1.82, 2.24) is 5.32 Å². The molecule has 0 unspecified atom stereocenters. The Bertz CT molecular complexity index is 191. The summed E-state index contributed by atoms with van der Waals surface area (Å²) in [5.41, 5.74) is 0.120. The van der Waals surface area contributed by atoms with Crippen molar-refractivity contribution in [2.24, 2.45) is 0 Å². The molecule has 94 valence electrons. The third-order valence-corrected chi connectivity index (χ3v) is 3.85. The molecule has 1 saturated heterocycles. The highest BCUT2D eigenvalue weighted by Gasteiger charge is 2.35. The van der Waals surface area contributed by atoms with Crippen LogP contribution in [0, 0.1) is 0 Å². The maximum atomic E-state index is 6.42. The van der Waals surface area contributed by atoms with Crippen LogP contribution in [0.5, 0.6) is 0 Å². The molecule has 0 amide bonds. The standard InChI is InChI=1S/C13H25NO2/c1-14-11-13(7-3-2-4-8-13)16-12-5-9-15-10-6-12/h12,14H,2-11H2,1H3. The molecular weight excluding hydrogens is 202 g/mol. The van der Waals surface area contributed by atoms with Crippen molar-refractivity contribution in [3.8, 4) is 0 Å². The first-order chi connectivity index (χ1) is 7.85. The number of hydrogen-bond donors (Lipinski definition) is 1. The zero-order chi connectivity index (χ0) is 11.3. The van der Waals surface area contributed by atoms with Crippen LogP contribution in [0.4, 0.5) is 0 Å². The molecule has 2 rings (SSSR count). The molecule has 3 heteroatoms. The van der Waals surface area contributed by atoms with Crippen molar-refractivity contribution in [3.63, 3.8) is 0 Å². The van der Waals surface area contributed by atoms with Gasteiger partial charge >= 0.3 is 0 Å². The molecule has 16 heavy (non-hydrogen) atoms. The highest BCUT2D eigenvalue weighted by Crippen LogP contribution is 2.33. The second-order valence-electron chi connectivity index (χ2n) is 5.20. The van der Waals surface area contributed by atoms with E-state index >= 15 is 0 Å². The molecule has 0 aromatic rings. The van der Waals surface area contributed by atoms with Crippen molar-refractivity contribution in [1.29, 1.82) is 0 Å². The van der Waals surface area contributed by atoms with Gasteiger partial charge in [-0.05, 0) is 32.7 Å². The topological polar surface area (TPSA) is 30.5 Å². The minimum absolute atomic E-state index is 0.120. The zero-order valence-corrected chi connectivity index (χ0v) is 10.5. The van der Waals surface area contributed by atoms with E-state index in [-0.39, 0.29) is 5.60 Å². The second kappa shape index (κ2) is 5.99. The molecule has 0 bridgehead atoms. The monoisotopic (exact) mass is 227 g/mol. The molecule has 1 aliphatic heterocycles. The van der Waals surface area contributed by atoms with E-state index in [1.807, 2.05) is 7.05 Å². The van der Waals surface area contributed by atoms with Crippen LogP contribution in [0.1, 0.15) is 44.9 Å². The fraction of sp³-hybridized carbons (Fsp3) is 1.00. The van der Waals surface area contributed by atoms with Crippen molar-refractivity contribution >= 4 is 0 Å². The summed E-state index contributed by atoms with van der Waals surface area (Å²) >= 11 is 0. The Morgan fingerprint density at radius 1 is 1.19 bits per heavy atom. The van der Waals surface area contributed by atoms with Gasteiger partial charge in [0.2, 0.25) is 0 Å². The molecule has 0 radical (unpaired) electrons. The predicted octanol–water partition coefficient (Wildman–Crippen LogP) is 2.10. The second-order valence-corrected chi connectivity index (χ2v) is 5.20. The van der Waals surface area contributed by atoms with Gasteiger partial charge in [-0.1, -0.05) is 19.3 Å². The lowest BCUT2D eigenvalue weighted by atomic mass is 9.84. The minimum atomic E-state index is 0.120. The molecule has 0 atom stereocenters. The Kier molecular flexibility index (Phi) is 4.62. The zero-order valence-electron chi connectivity index (χ0n) is 10.5. The van der Waals surface area contributed by atoms with E-state index < -0.39 is 0 Å². The Morgan fingerprint density at radius 2 is 1.88 bits per heavy atom. The van der Waals surface area contributed by atoms with Gasteiger partial charge in [0.1, 0.15) is 0 Å². The maximum absolute atomic E-state index is 6.42. The minimum Gasteiger partial charge on any atom is -0.381 e. The first-order valence-electron chi connectivity index (χ1n) is 6.75. The SMILES string of the molecule is CNCC1(OC2CCOCC2)CCCCC1. The normalized spacial score (nSPS) is 26.8. The summed E-state index contributed by atoms with van der Waals surface area (Å²) in [7, 11) is 2.03. The molecule has 2 fully saturated rings. The van der Waals surface area contributed by atoms with E-state index in [2.05, 4.69) is 5.32 Å². The summed E-state index contributed by atoms with van der Waals surface area (Å²) < 4.78 is 11.8. The smallest absolute Gasteiger partial charge is 0.0809 e. The molecule has 1 N–H and O–H groups in total. The molecule has 0 aromatic heterocycles. The van der Waals surface area contributed by atoms with Gasteiger partial charge in [0.05, 0.1) is 11.7 Å². The van der Waals surface area contributed by atoms with Crippen LogP contribution in [0.25, 0.3) is 0 Å². The van der Waals surface area contributed by atoms with Gasteiger partial charge in [0.25, 0.3) is 0 Å². The quantitative estimate of drug-likeness (QED) is 0.798. The highest BCUT2D eigenvalue weighted by molar-refractivity contribution is 4.87. The van der Waals surface area contributed by atoms with Crippen LogP contribution < -0.4 is 5.32 Å². The maximum Gasteiger partial charge on any atom is 0.0809 e. The van der Waals surface area contributed by atoms with Crippen molar-refractivity contribution in [2.75, 3.05) is 26.8 Å². The molecule has 2 aliphatic rings. The fourth-order valence-electron chi connectivity index (χ4n) is 3.00. The van der Waals surface area contributed by atoms with Gasteiger partial charge < -0.3 is 14.8 Å². The van der Waals surface area contributed by atoms with Gasteiger partial charge in [-0.3, -0.25) is 0 Å². The molecule has 3 nitrogen and oxygen atoms in total. The number of nitrogens with one attached hydrogen (secondary N) is 1. The molecular formula is C13H25NO2. The van der Waals surface area contributed by atoms with E-state index in [0.717, 1.165) is 32.6 Å². The lowest BCUT2D eigenvalue weighted by molar-refractivity contribution is -0.138. The van der Waals surface area contributed by atoms with Gasteiger partial charge in [0.15, 0.2) is 0 Å². The van der Waals surface area contributed by atoms with Gasteiger partial charge in [-0.2, -0.15) is 0 Å². The average Bonchev–Trinajstić information content (AvgIpc) is 2.31. The first-order valence-corrected chi connectivity index (χ1v) is 6.75. The number of rotatable bonds is 4. The van der Waals surface area contributed by atoms with Gasteiger partial charge in [0, 0.05) is 19.8 Å². The van der Waals surface area contributed by atoms with Crippen LogP contribution in [0.3, 0.4) is 0 Å². The lowest BCUT2D eigenvalue weighted by Crippen LogP contribution is -2.47. The van der Waals surface area contributed by atoms with E-state index in [1.165, 1.54) is 32.1 Å². The molecule has 1 saturated carbocycles. The van der Waals surface area contributed by atoms with E-state index in [4.69, 9.17) is 9.47 Å². The summed E-state index contributed by atoms with van der Waals surface area (Å²) in [4.78, 5) is 0. The van der Waals surface area contributed by atoms with Crippen LogP contribution in [-0.2, 0) is 9.47 Å². The molecule has 0 spiro atoms. The number of hydrogen-bond acceptors (Lipinski definition) is 3. The highest BCUT2D eigenvalue weighted by atomic mass is 16.5. The van der Waals surface area contributed by atoms with E-state index in [0.29, 0.717) is 6.10 Å². The molecule has 0 aromatic carbocycles. The van der Waals surface area contributed by atoms with E-state index in [1.54, 1.807) is 0 Å². The van der Waals surface area contributed by atoms with Crippen LogP contribution in [-0.4, -0.2) is 38.5 Å². The fourth-order valence-corrected chi connectivity index (χ4v) is 3.00. The summed E-state index contributed by atoms with van der Waals surface area (Å²) in [5.74, 6) is 0. The Labute approximate surface area is 98.9 Å². The molecule has 1 heterocycles. The summed E-state index contributed by atoms with van der Waals surface area (Å²) in [6.45, 7) is 2.75. The number of ether oxygens (including phenoxy) is 2. The third-order valence-electron chi connectivity index (χ3n) is 3.85. The van der Waals surface area contributed by atoms with Crippen molar-refractivity contribution in [2.45, 2.75) is 56.7 Å². The number of likely N-dealkylation sites (N-methyl/N-ethyl adjacent to an activating group) is 1.